The summed E-state index contributed by atoms with van der Waals surface area (Å²) in [7, 11) is -2.16. The molecule has 9 nitrogen and oxygen atoms in total. The van der Waals surface area contributed by atoms with Crippen LogP contribution in [-0.4, -0.2) is 45.0 Å². The predicted molar refractivity (Wildman–Crippen MR) is 111 cm³/mol. The molecule has 0 radical (unpaired) electrons. The quantitative estimate of drug-likeness (QED) is 0.648. The molecule has 3 saturated carbocycles. The van der Waals surface area contributed by atoms with E-state index in [1.54, 1.807) is 7.11 Å². The number of imidazole rings is 1. The second kappa shape index (κ2) is 7.33. The zero-order valence-electron chi connectivity index (χ0n) is 17.2. The van der Waals surface area contributed by atoms with Gasteiger partial charge in [0.15, 0.2) is 11.2 Å². The Morgan fingerprint density at radius 2 is 1.57 bits per heavy atom. The fourth-order valence-corrected chi connectivity index (χ4v) is 6.31. The first kappa shape index (κ1) is 20.0. The third kappa shape index (κ3) is 3.43. The van der Waals surface area contributed by atoms with Crippen molar-refractivity contribution in [3.63, 3.8) is 0 Å². The molecule has 0 aliphatic heterocycles. The summed E-state index contributed by atoms with van der Waals surface area (Å²) in [4.78, 5) is 30.6. The van der Waals surface area contributed by atoms with E-state index < -0.39 is 20.8 Å². The van der Waals surface area contributed by atoms with Gasteiger partial charge in [0.25, 0.3) is 5.56 Å². The lowest BCUT2D eigenvalue weighted by Crippen LogP contribution is -2.42. The topological polar surface area (TPSA) is 105 Å². The van der Waals surface area contributed by atoms with Crippen LogP contribution in [0.3, 0.4) is 0 Å². The molecule has 2 aromatic rings. The molecule has 3 aliphatic rings. The van der Waals surface area contributed by atoms with Crippen LogP contribution in [0, 0.1) is 11.8 Å². The normalized spacial score (nSPS) is 25.1. The van der Waals surface area contributed by atoms with Gasteiger partial charge in [-0.3, -0.25) is 13.9 Å². The molecule has 0 atom stereocenters. The molecule has 0 amide bonds. The van der Waals surface area contributed by atoms with Crippen molar-refractivity contribution in [3.05, 3.63) is 27.2 Å². The maximum Gasteiger partial charge on any atom is 0.332 e. The Morgan fingerprint density at radius 1 is 0.967 bits per heavy atom. The molecule has 0 unspecified atom stereocenters. The van der Waals surface area contributed by atoms with Gasteiger partial charge in [0.05, 0.1) is 11.4 Å². The standard InChI is InChI=1S/C20H28N4O5S/c1-29-15-6-8-16(9-7-15)30(27,28)24-12-21-18-17(24)19(25)23(11-14-4-5-14)20(26)22(18)10-13-2-3-13/h12-16H,2-11H2,1H3. The average molecular weight is 437 g/mol. The van der Waals surface area contributed by atoms with E-state index in [9.17, 15) is 18.0 Å². The third-order valence-corrected chi connectivity index (χ3v) is 8.95. The summed E-state index contributed by atoms with van der Waals surface area (Å²) in [5.41, 5.74) is -0.696. The van der Waals surface area contributed by atoms with Gasteiger partial charge in [-0.2, -0.15) is 0 Å². The summed E-state index contributed by atoms with van der Waals surface area (Å²) >= 11 is 0. The van der Waals surface area contributed by atoms with Crippen LogP contribution >= 0.6 is 0 Å². The van der Waals surface area contributed by atoms with Crippen LogP contribution < -0.4 is 11.2 Å². The number of hydrogen-bond acceptors (Lipinski definition) is 6. The smallest absolute Gasteiger partial charge is 0.332 e. The van der Waals surface area contributed by atoms with E-state index in [1.165, 1.54) is 15.5 Å². The Kier molecular flexibility index (Phi) is 4.89. The van der Waals surface area contributed by atoms with E-state index in [2.05, 4.69) is 4.98 Å². The van der Waals surface area contributed by atoms with Crippen molar-refractivity contribution < 1.29 is 13.2 Å². The molecule has 0 aromatic carbocycles. The Hall–Kier alpha value is -1.94. The maximum absolute atomic E-state index is 13.4. The van der Waals surface area contributed by atoms with E-state index in [4.69, 9.17) is 4.74 Å². The van der Waals surface area contributed by atoms with Crippen molar-refractivity contribution in [2.24, 2.45) is 11.8 Å². The molecule has 2 aromatic heterocycles. The van der Waals surface area contributed by atoms with Gasteiger partial charge in [-0.05, 0) is 63.2 Å². The van der Waals surface area contributed by atoms with E-state index >= 15 is 0 Å². The molecular formula is C20H28N4O5S. The molecular weight excluding hydrogens is 408 g/mol. The van der Waals surface area contributed by atoms with Gasteiger partial charge >= 0.3 is 5.69 Å². The fourth-order valence-electron chi connectivity index (χ4n) is 4.53. The first-order chi connectivity index (χ1) is 14.4. The van der Waals surface area contributed by atoms with E-state index in [0.29, 0.717) is 50.6 Å². The van der Waals surface area contributed by atoms with Crippen molar-refractivity contribution in [2.75, 3.05) is 7.11 Å². The molecule has 10 heteroatoms. The zero-order valence-corrected chi connectivity index (χ0v) is 18.0. The second-order valence-corrected chi connectivity index (χ2v) is 11.2. The minimum absolute atomic E-state index is 0.0183. The van der Waals surface area contributed by atoms with Crippen LogP contribution in [0.15, 0.2) is 15.9 Å². The molecule has 164 valence electrons. The molecule has 0 bridgehead atoms. The largest absolute Gasteiger partial charge is 0.381 e. The summed E-state index contributed by atoms with van der Waals surface area (Å²) in [6.45, 7) is 0.832. The molecule has 0 saturated heterocycles. The zero-order chi connectivity index (χ0) is 21.0. The van der Waals surface area contributed by atoms with Crippen LogP contribution in [0.25, 0.3) is 11.2 Å². The summed E-state index contributed by atoms with van der Waals surface area (Å²) in [5.74, 6) is 0.711. The highest BCUT2D eigenvalue weighted by molar-refractivity contribution is 7.90. The minimum Gasteiger partial charge on any atom is -0.381 e. The number of fused-ring (bicyclic) bond motifs is 1. The lowest BCUT2D eigenvalue weighted by Gasteiger charge is -2.27. The van der Waals surface area contributed by atoms with Crippen molar-refractivity contribution in [1.29, 1.82) is 0 Å². The number of aromatic nitrogens is 4. The first-order valence-corrected chi connectivity index (χ1v) is 12.4. The van der Waals surface area contributed by atoms with Gasteiger partial charge < -0.3 is 4.74 Å². The van der Waals surface area contributed by atoms with Gasteiger partial charge in [-0.1, -0.05) is 0 Å². The van der Waals surface area contributed by atoms with Crippen LogP contribution in [0.2, 0.25) is 0 Å². The number of nitrogens with zero attached hydrogens (tertiary/aromatic N) is 4. The molecule has 2 heterocycles. The second-order valence-electron chi connectivity index (χ2n) is 9.09. The Balaban J connectivity index is 1.62. The third-order valence-electron chi connectivity index (χ3n) is 6.81. The predicted octanol–water partition coefficient (Wildman–Crippen LogP) is 1.32. The van der Waals surface area contributed by atoms with Gasteiger partial charge in [0.1, 0.15) is 6.33 Å². The van der Waals surface area contributed by atoms with Crippen molar-refractivity contribution >= 4 is 21.2 Å². The number of rotatable bonds is 7. The lowest BCUT2D eigenvalue weighted by molar-refractivity contribution is 0.0716. The summed E-state index contributed by atoms with van der Waals surface area (Å²) < 4.78 is 36.0. The van der Waals surface area contributed by atoms with E-state index in [1.807, 2.05) is 0 Å². The molecule has 0 spiro atoms. The van der Waals surface area contributed by atoms with Gasteiger partial charge in [0, 0.05) is 20.2 Å². The summed E-state index contributed by atoms with van der Waals surface area (Å²) in [6.07, 6.45) is 7.67. The summed E-state index contributed by atoms with van der Waals surface area (Å²) in [6, 6.07) is 0. The highest BCUT2D eigenvalue weighted by Crippen LogP contribution is 2.32. The van der Waals surface area contributed by atoms with Crippen LogP contribution in [0.5, 0.6) is 0 Å². The van der Waals surface area contributed by atoms with Gasteiger partial charge in [-0.25, -0.2) is 22.2 Å². The van der Waals surface area contributed by atoms with Gasteiger partial charge in [-0.15, -0.1) is 0 Å². The highest BCUT2D eigenvalue weighted by atomic mass is 32.2. The van der Waals surface area contributed by atoms with E-state index in [-0.39, 0.29) is 23.0 Å². The molecule has 5 rings (SSSR count). The van der Waals surface area contributed by atoms with Crippen LogP contribution in [-0.2, 0) is 27.8 Å². The van der Waals surface area contributed by atoms with Crippen LogP contribution in [0.1, 0.15) is 51.4 Å². The van der Waals surface area contributed by atoms with Gasteiger partial charge in [0.2, 0.25) is 10.0 Å². The summed E-state index contributed by atoms with van der Waals surface area (Å²) in [5, 5.41) is -0.582. The molecule has 3 aliphatic carbocycles. The lowest BCUT2D eigenvalue weighted by atomic mass is 9.97. The van der Waals surface area contributed by atoms with Crippen molar-refractivity contribution in [1.82, 2.24) is 18.1 Å². The number of methoxy groups -OCH3 is 1. The SMILES string of the molecule is COC1CCC(S(=O)(=O)n2cnc3c2c(=O)n(CC2CC2)c(=O)n3CC2CC2)CC1. The maximum atomic E-state index is 13.4. The van der Waals surface area contributed by atoms with Crippen molar-refractivity contribution in [3.8, 4) is 0 Å². The Labute approximate surface area is 174 Å². The minimum atomic E-state index is -3.80. The molecule has 0 N–H and O–H groups in total. The Morgan fingerprint density at radius 3 is 2.13 bits per heavy atom. The fraction of sp³-hybridized carbons (Fsp3) is 0.750. The van der Waals surface area contributed by atoms with E-state index in [0.717, 1.165) is 29.7 Å². The highest BCUT2D eigenvalue weighted by Gasteiger charge is 2.35. The Bertz CT molecular complexity index is 1180. The molecule has 30 heavy (non-hydrogen) atoms. The van der Waals surface area contributed by atoms with Crippen LogP contribution in [0.4, 0.5) is 0 Å². The monoisotopic (exact) mass is 436 g/mol. The first-order valence-electron chi connectivity index (χ1n) is 10.9. The number of hydrogen-bond donors (Lipinski definition) is 0. The molecule has 3 fully saturated rings. The van der Waals surface area contributed by atoms with Crippen molar-refractivity contribution in [2.45, 2.75) is 75.8 Å². The average Bonchev–Trinajstić information content (AvgIpc) is 3.67. The number of ether oxygens (including phenoxy) is 1.